The second kappa shape index (κ2) is 10.9. The maximum Gasteiger partial charge on any atom is 0.270 e. The zero-order chi connectivity index (χ0) is 27.5. The second-order valence-electron chi connectivity index (χ2n) is 9.40. The lowest BCUT2D eigenvalue weighted by Gasteiger charge is -2.39. The molecule has 4 aromatic rings. The number of nitrogens with zero attached hydrogens (tertiary/aromatic N) is 4. The number of non-ortho nitro benzene ring substituents is 1. The van der Waals surface area contributed by atoms with Gasteiger partial charge in [0, 0.05) is 30.4 Å². The highest BCUT2D eigenvalue weighted by Gasteiger charge is 2.37. The maximum absolute atomic E-state index is 14.2. The number of para-hydroxylation sites is 2. The van der Waals surface area contributed by atoms with E-state index in [0.717, 1.165) is 23.4 Å². The van der Waals surface area contributed by atoms with Crippen LogP contribution in [-0.2, 0) is 4.79 Å². The van der Waals surface area contributed by atoms with Crippen molar-refractivity contribution in [1.82, 2.24) is 9.47 Å². The van der Waals surface area contributed by atoms with Gasteiger partial charge in [-0.1, -0.05) is 43.7 Å². The number of hydrogen-bond donors (Lipinski definition) is 0. The molecule has 3 aromatic carbocycles. The number of amides is 2. The number of unbranched alkanes of at least 4 members (excludes halogenated alkanes) is 1. The Hall–Kier alpha value is -4.79. The number of carbonyl (C=O) groups excluding carboxylic acids is 2. The van der Waals surface area contributed by atoms with Crippen molar-refractivity contribution in [3.05, 3.63) is 124 Å². The van der Waals surface area contributed by atoms with Crippen LogP contribution in [0.5, 0.6) is 0 Å². The Kier molecular flexibility index (Phi) is 7.23. The molecule has 2 heterocycles. The van der Waals surface area contributed by atoms with Gasteiger partial charge < -0.3 is 9.47 Å². The molecule has 1 aliphatic heterocycles. The lowest BCUT2D eigenvalue weighted by molar-refractivity contribution is -0.384. The van der Waals surface area contributed by atoms with Crippen molar-refractivity contribution in [3.8, 4) is 5.69 Å². The first-order chi connectivity index (χ1) is 18.9. The van der Waals surface area contributed by atoms with Crippen LogP contribution >= 0.6 is 0 Å². The molecule has 1 atom stereocenters. The summed E-state index contributed by atoms with van der Waals surface area (Å²) in [5.41, 5.74) is 3.00. The number of rotatable bonds is 8. The zero-order valence-electron chi connectivity index (χ0n) is 21.4. The summed E-state index contributed by atoms with van der Waals surface area (Å²) in [4.78, 5) is 41.5. The van der Waals surface area contributed by atoms with Gasteiger partial charge in [-0.15, -0.1) is 0 Å². The Bertz CT molecular complexity index is 1530. The molecule has 0 saturated heterocycles. The zero-order valence-corrected chi connectivity index (χ0v) is 21.4. The Balaban J connectivity index is 1.54. The van der Waals surface area contributed by atoms with Gasteiger partial charge in [0.05, 0.1) is 22.0 Å². The summed E-state index contributed by atoms with van der Waals surface area (Å²) in [6, 6.07) is 22.4. The fourth-order valence-corrected chi connectivity index (χ4v) is 5.00. The highest BCUT2D eigenvalue weighted by molar-refractivity contribution is 6.02. The van der Waals surface area contributed by atoms with E-state index in [1.54, 1.807) is 17.0 Å². The Labute approximate surface area is 225 Å². The van der Waals surface area contributed by atoms with Crippen LogP contribution in [0.15, 0.2) is 91.1 Å². The summed E-state index contributed by atoms with van der Waals surface area (Å²) in [7, 11) is 0. The van der Waals surface area contributed by atoms with Crippen LogP contribution in [0.3, 0.4) is 0 Å². The molecule has 1 unspecified atom stereocenters. The molecule has 5 rings (SSSR count). The topological polar surface area (TPSA) is 88.7 Å². The number of nitro groups is 1. The molecule has 1 aromatic heterocycles. The number of halogens is 1. The van der Waals surface area contributed by atoms with Gasteiger partial charge >= 0.3 is 0 Å². The summed E-state index contributed by atoms with van der Waals surface area (Å²) in [5.74, 6) is -1.15. The molecule has 198 valence electrons. The third kappa shape index (κ3) is 5.03. The molecule has 0 fully saturated rings. The fraction of sp³-hybridized carbons (Fsp3) is 0.200. The minimum Gasteiger partial charge on any atom is -0.329 e. The van der Waals surface area contributed by atoms with E-state index in [9.17, 15) is 24.1 Å². The van der Waals surface area contributed by atoms with Crippen LogP contribution in [0, 0.1) is 15.9 Å². The SMILES string of the molecule is CCCCN(CC(=O)N1c2ccccc2-n2cccc2C1c1ccc(F)cc1)C(=O)c1cccc([N+](=O)[O-])c1. The molecule has 39 heavy (non-hydrogen) atoms. The maximum atomic E-state index is 14.2. The Morgan fingerprint density at radius 3 is 2.44 bits per heavy atom. The largest absolute Gasteiger partial charge is 0.329 e. The number of nitro benzene ring substituents is 1. The predicted octanol–water partition coefficient (Wildman–Crippen LogP) is 5.90. The van der Waals surface area contributed by atoms with Crippen LogP contribution in [0.2, 0.25) is 0 Å². The van der Waals surface area contributed by atoms with Crippen LogP contribution in [0.1, 0.15) is 47.4 Å². The van der Waals surface area contributed by atoms with E-state index in [1.165, 1.54) is 41.3 Å². The normalized spacial score (nSPS) is 13.9. The molecule has 0 saturated carbocycles. The van der Waals surface area contributed by atoms with E-state index < -0.39 is 16.9 Å². The third-order valence-corrected chi connectivity index (χ3v) is 6.87. The molecule has 0 bridgehead atoms. The number of aromatic nitrogens is 1. The molecule has 2 amide bonds. The van der Waals surface area contributed by atoms with E-state index >= 15 is 0 Å². The summed E-state index contributed by atoms with van der Waals surface area (Å²) < 4.78 is 15.8. The number of carbonyl (C=O) groups is 2. The number of fused-ring (bicyclic) bond motifs is 3. The molecule has 0 radical (unpaired) electrons. The van der Waals surface area contributed by atoms with Gasteiger partial charge in [0.15, 0.2) is 0 Å². The predicted molar refractivity (Wildman–Crippen MR) is 145 cm³/mol. The molecule has 0 aliphatic carbocycles. The van der Waals surface area contributed by atoms with Gasteiger partial charge in [0.2, 0.25) is 5.91 Å². The van der Waals surface area contributed by atoms with Crippen molar-refractivity contribution in [3.63, 3.8) is 0 Å². The average Bonchev–Trinajstić information content (AvgIpc) is 3.45. The molecule has 0 spiro atoms. The third-order valence-electron chi connectivity index (χ3n) is 6.87. The van der Waals surface area contributed by atoms with E-state index in [1.807, 2.05) is 54.1 Å². The highest BCUT2D eigenvalue weighted by Crippen LogP contribution is 2.42. The van der Waals surface area contributed by atoms with Crippen molar-refractivity contribution in [2.75, 3.05) is 18.0 Å². The molecular formula is C30H27FN4O4. The Morgan fingerprint density at radius 2 is 1.72 bits per heavy atom. The fourth-order valence-electron chi connectivity index (χ4n) is 5.00. The monoisotopic (exact) mass is 526 g/mol. The minimum atomic E-state index is -0.552. The average molecular weight is 527 g/mol. The summed E-state index contributed by atoms with van der Waals surface area (Å²) >= 11 is 0. The van der Waals surface area contributed by atoms with E-state index in [-0.39, 0.29) is 29.5 Å². The van der Waals surface area contributed by atoms with Gasteiger partial charge in [-0.05, 0) is 54.4 Å². The lowest BCUT2D eigenvalue weighted by Crippen LogP contribution is -2.47. The summed E-state index contributed by atoms with van der Waals surface area (Å²) in [6.45, 7) is 2.07. The summed E-state index contributed by atoms with van der Waals surface area (Å²) in [5, 5.41) is 11.3. The Morgan fingerprint density at radius 1 is 0.974 bits per heavy atom. The first-order valence-corrected chi connectivity index (χ1v) is 12.8. The number of anilines is 1. The van der Waals surface area contributed by atoms with Crippen LogP contribution in [0.25, 0.3) is 5.69 Å². The quantitative estimate of drug-likeness (QED) is 0.211. The first kappa shape index (κ1) is 25.8. The van der Waals surface area contributed by atoms with E-state index in [4.69, 9.17) is 0 Å². The second-order valence-corrected chi connectivity index (χ2v) is 9.40. The van der Waals surface area contributed by atoms with Crippen LogP contribution in [-0.4, -0.2) is 39.3 Å². The van der Waals surface area contributed by atoms with Gasteiger partial charge in [-0.3, -0.25) is 24.6 Å². The number of benzene rings is 3. The van der Waals surface area contributed by atoms with Gasteiger partial charge in [-0.25, -0.2) is 4.39 Å². The van der Waals surface area contributed by atoms with E-state index in [2.05, 4.69) is 0 Å². The van der Waals surface area contributed by atoms with Crippen LogP contribution in [0.4, 0.5) is 15.8 Å². The molecule has 0 N–H and O–H groups in total. The molecule has 8 nitrogen and oxygen atoms in total. The van der Waals surface area contributed by atoms with Crippen molar-refractivity contribution in [2.45, 2.75) is 25.8 Å². The molecular weight excluding hydrogens is 499 g/mol. The minimum absolute atomic E-state index is 0.149. The van der Waals surface area contributed by atoms with Gasteiger partial charge in [0.25, 0.3) is 11.6 Å². The lowest BCUT2D eigenvalue weighted by atomic mass is 9.97. The standard InChI is InChI=1S/C30H27FN4O4/c1-2-3-17-32(30(37)22-8-6-9-24(19-22)35(38)39)20-28(36)34-26-11-5-4-10-25(26)33-18-7-12-27(33)29(34)21-13-15-23(31)16-14-21/h4-16,18-19,29H,2-3,17,20H2,1H3. The van der Waals surface area contributed by atoms with Gasteiger partial charge in [-0.2, -0.15) is 0 Å². The van der Waals surface area contributed by atoms with Crippen molar-refractivity contribution >= 4 is 23.2 Å². The van der Waals surface area contributed by atoms with Gasteiger partial charge in [0.1, 0.15) is 18.4 Å². The van der Waals surface area contributed by atoms with Crippen molar-refractivity contribution < 1.29 is 18.9 Å². The first-order valence-electron chi connectivity index (χ1n) is 12.8. The number of hydrogen-bond acceptors (Lipinski definition) is 4. The smallest absolute Gasteiger partial charge is 0.270 e. The van der Waals surface area contributed by atoms with E-state index in [0.29, 0.717) is 18.7 Å². The van der Waals surface area contributed by atoms with Crippen LogP contribution < -0.4 is 4.90 Å². The molecule has 1 aliphatic rings. The highest BCUT2D eigenvalue weighted by atomic mass is 19.1. The molecule has 9 heteroatoms. The summed E-state index contributed by atoms with van der Waals surface area (Å²) in [6.07, 6.45) is 3.38. The van der Waals surface area contributed by atoms with Crippen molar-refractivity contribution in [2.24, 2.45) is 0 Å². The van der Waals surface area contributed by atoms with Crippen molar-refractivity contribution in [1.29, 1.82) is 0 Å².